The standard InChI is InChI=1S/C17H14BrFN2/c18-14-3-1-2-11(6-14)12-7-16(8-12)21-15-4-5-17(19)13(9-15)10-20/h1-6,9,12,16,21H,7-8H2. The minimum absolute atomic E-state index is 0.0860. The van der Waals surface area contributed by atoms with Crippen molar-refractivity contribution in [2.24, 2.45) is 0 Å². The third-order valence-corrected chi connectivity index (χ3v) is 4.41. The van der Waals surface area contributed by atoms with E-state index in [1.807, 2.05) is 12.1 Å². The lowest BCUT2D eigenvalue weighted by Gasteiger charge is -2.37. The first-order chi connectivity index (χ1) is 10.2. The molecule has 0 unspecified atom stereocenters. The fraction of sp³-hybridized carbons (Fsp3) is 0.235. The first-order valence-corrected chi connectivity index (χ1v) is 7.66. The molecule has 0 aliphatic heterocycles. The van der Waals surface area contributed by atoms with Crippen LogP contribution in [-0.4, -0.2) is 6.04 Å². The van der Waals surface area contributed by atoms with Gasteiger partial charge in [0.25, 0.3) is 0 Å². The Hall–Kier alpha value is -1.86. The lowest BCUT2D eigenvalue weighted by atomic mass is 9.76. The number of benzene rings is 2. The first-order valence-electron chi connectivity index (χ1n) is 6.87. The Morgan fingerprint density at radius 1 is 1.19 bits per heavy atom. The van der Waals surface area contributed by atoms with Crippen molar-refractivity contribution in [1.82, 2.24) is 0 Å². The molecule has 0 heterocycles. The van der Waals surface area contributed by atoms with E-state index in [0.29, 0.717) is 12.0 Å². The number of nitrogens with one attached hydrogen (secondary N) is 1. The van der Waals surface area contributed by atoms with Crippen LogP contribution < -0.4 is 5.32 Å². The Balaban J connectivity index is 1.61. The van der Waals surface area contributed by atoms with Crippen LogP contribution in [-0.2, 0) is 0 Å². The number of hydrogen-bond acceptors (Lipinski definition) is 2. The molecule has 1 aliphatic carbocycles. The maximum absolute atomic E-state index is 13.3. The SMILES string of the molecule is N#Cc1cc(NC2CC(c3cccc(Br)c3)C2)ccc1F. The van der Waals surface area contributed by atoms with Crippen LogP contribution in [0.3, 0.4) is 0 Å². The summed E-state index contributed by atoms with van der Waals surface area (Å²) in [6.45, 7) is 0. The Morgan fingerprint density at radius 2 is 2.00 bits per heavy atom. The minimum Gasteiger partial charge on any atom is -0.382 e. The van der Waals surface area contributed by atoms with Crippen molar-refractivity contribution in [2.45, 2.75) is 24.8 Å². The monoisotopic (exact) mass is 344 g/mol. The van der Waals surface area contributed by atoms with Crippen molar-refractivity contribution in [3.05, 3.63) is 63.9 Å². The molecule has 0 atom stereocenters. The van der Waals surface area contributed by atoms with Gasteiger partial charge in [0.2, 0.25) is 0 Å². The molecule has 1 aliphatic rings. The predicted molar refractivity (Wildman–Crippen MR) is 84.6 cm³/mol. The predicted octanol–water partition coefficient (Wildman–Crippen LogP) is 4.82. The summed E-state index contributed by atoms with van der Waals surface area (Å²) in [5.41, 5.74) is 2.24. The van der Waals surface area contributed by atoms with Crippen LogP contribution >= 0.6 is 15.9 Å². The molecule has 1 saturated carbocycles. The van der Waals surface area contributed by atoms with Gasteiger partial charge in [0.05, 0.1) is 5.56 Å². The molecule has 2 aromatic rings. The van der Waals surface area contributed by atoms with Crippen LogP contribution in [0, 0.1) is 17.1 Å². The molecular weight excluding hydrogens is 331 g/mol. The second kappa shape index (κ2) is 5.87. The lowest BCUT2D eigenvalue weighted by molar-refractivity contribution is 0.374. The molecular formula is C17H14BrFN2. The summed E-state index contributed by atoms with van der Waals surface area (Å²) in [7, 11) is 0. The van der Waals surface area contributed by atoms with E-state index in [4.69, 9.17) is 5.26 Å². The maximum atomic E-state index is 13.3. The van der Waals surface area contributed by atoms with E-state index in [9.17, 15) is 4.39 Å². The van der Waals surface area contributed by atoms with Gasteiger partial charge in [-0.05, 0) is 54.7 Å². The highest BCUT2D eigenvalue weighted by Gasteiger charge is 2.30. The largest absolute Gasteiger partial charge is 0.382 e. The number of nitriles is 1. The normalized spacial score (nSPS) is 20.4. The summed E-state index contributed by atoms with van der Waals surface area (Å²) in [6, 6.07) is 15.2. The van der Waals surface area contributed by atoms with Gasteiger partial charge < -0.3 is 5.32 Å². The summed E-state index contributed by atoms with van der Waals surface area (Å²) in [5, 5.41) is 12.2. The van der Waals surface area contributed by atoms with Crippen LogP contribution in [0.15, 0.2) is 46.9 Å². The van der Waals surface area contributed by atoms with Crippen molar-refractivity contribution in [1.29, 1.82) is 5.26 Å². The topological polar surface area (TPSA) is 35.8 Å². The molecule has 2 nitrogen and oxygen atoms in total. The maximum Gasteiger partial charge on any atom is 0.141 e. The average Bonchev–Trinajstić information content (AvgIpc) is 2.44. The molecule has 0 amide bonds. The van der Waals surface area contributed by atoms with E-state index < -0.39 is 5.82 Å². The molecule has 2 aromatic carbocycles. The molecule has 3 rings (SSSR count). The van der Waals surface area contributed by atoms with Crippen LogP contribution in [0.5, 0.6) is 0 Å². The number of halogens is 2. The first kappa shape index (κ1) is 14.1. The van der Waals surface area contributed by atoms with Gasteiger partial charge in [-0.25, -0.2) is 4.39 Å². The summed E-state index contributed by atoms with van der Waals surface area (Å²) in [5.74, 6) is 0.0968. The van der Waals surface area contributed by atoms with Gasteiger partial charge in [0, 0.05) is 16.2 Å². The van der Waals surface area contributed by atoms with Crippen molar-refractivity contribution in [3.63, 3.8) is 0 Å². The van der Waals surface area contributed by atoms with Crippen molar-refractivity contribution in [2.75, 3.05) is 5.32 Å². The van der Waals surface area contributed by atoms with Gasteiger partial charge in [0.15, 0.2) is 0 Å². The van der Waals surface area contributed by atoms with E-state index in [-0.39, 0.29) is 5.56 Å². The second-order valence-corrected chi connectivity index (χ2v) is 6.29. The number of nitrogens with zero attached hydrogens (tertiary/aromatic N) is 1. The zero-order chi connectivity index (χ0) is 14.8. The average molecular weight is 345 g/mol. The van der Waals surface area contributed by atoms with Gasteiger partial charge in [-0.2, -0.15) is 5.26 Å². The van der Waals surface area contributed by atoms with Gasteiger partial charge >= 0.3 is 0 Å². The molecule has 0 bridgehead atoms. The smallest absolute Gasteiger partial charge is 0.141 e. The van der Waals surface area contributed by atoms with Crippen LogP contribution in [0.2, 0.25) is 0 Å². The van der Waals surface area contributed by atoms with E-state index >= 15 is 0 Å². The van der Waals surface area contributed by atoms with Gasteiger partial charge in [-0.3, -0.25) is 0 Å². The highest BCUT2D eigenvalue weighted by molar-refractivity contribution is 9.10. The zero-order valence-corrected chi connectivity index (χ0v) is 12.9. The molecule has 0 radical (unpaired) electrons. The van der Waals surface area contributed by atoms with Gasteiger partial charge in [-0.1, -0.05) is 28.1 Å². The Labute approximate surface area is 131 Å². The molecule has 21 heavy (non-hydrogen) atoms. The molecule has 4 heteroatoms. The highest BCUT2D eigenvalue weighted by Crippen LogP contribution is 2.39. The zero-order valence-electron chi connectivity index (χ0n) is 11.3. The Morgan fingerprint density at radius 3 is 2.71 bits per heavy atom. The fourth-order valence-electron chi connectivity index (χ4n) is 2.70. The molecule has 106 valence electrons. The van der Waals surface area contributed by atoms with E-state index in [1.165, 1.54) is 11.6 Å². The number of rotatable bonds is 3. The Kier molecular flexibility index (Phi) is 3.94. The molecule has 1 fully saturated rings. The van der Waals surface area contributed by atoms with E-state index in [1.54, 1.807) is 12.1 Å². The number of anilines is 1. The van der Waals surface area contributed by atoms with Gasteiger partial charge in [-0.15, -0.1) is 0 Å². The third kappa shape index (κ3) is 3.08. The summed E-state index contributed by atoms with van der Waals surface area (Å²) in [4.78, 5) is 0. The van der Waals surface area contributed by atoms with E-state index in [0.717, 1.165) is 23.0 Å². The second-order valence-electron chi connectivity index (χ2n) is 5.37. The summed E-state index contributed by atoms with van der Waals surface area (Å²) < 4.78 is 14.4. The van der Waals surface area contributed by atoms with Crippen molar-refractivity contribution < 1.29 is 4.39 Å². The molecule has 0 spiro atoms. The summed E-state index contributed by atoms with van der Waals surface area (Å²) in [6.07, 6.45) is 2.10. The molecule has 0 aromatic heterocycles. The quantitative estimate of drug-likeness (QED) is 0.866. The molecule has 0 saturated heterocycles. The number of hydrogen-bond donors (Lipinski definition) is 1. The van der Waals surface area contributed by atoms with E-state index in [2.05, 4.69) is 39.4 Å². The van der Waals surface area contributed by atoms with Crippen molar-refractivity contribution in [3.8, 4) is 6.07 Å². The van der Waals surface area contributed by atoms with Crippen LogP contribution in [0.1, 0.15) is 29.9 Å². The summed E-state index contributed by atoms with van der Waals surface area (Å²) >= 11 is 3.49. The Bertz CT molecular complexity index is 702. The highest BCUT2D eigenvalue weighted by atomic mass is 79.9. The van der Waals surface area contributed by atoms with Crippen LogP contribution in [0.25, 0.3) is 0 Å². The van der Waals surface area contributed by atoms with Gasteiger partial charge in [0.1, 0.15) is 11.9 Å². The minimum atomic E-state index is -0.469. The lowest BCUT2D eigenvalue weighted by Crippen LogP contribution is -2.34. The van der Waals surface area contributed by atoms with Crippen molar-refractivity contribution >= 4 is 21.6 Å². The van der Waals surface area contributed by atoms with Crippen LogP contribution in [0.4, 0.5) is 10.1 Å². The fourth-order valence-corrected chi connectivity index (χ4v) is 3.12. The molecule has 1 N–H and O–H groups in total. The third-order valence-electron chi connectivity index (χ3n) is 3.92.